The maximum atomic E-state index is 3.67. The highest BCUT2D eigenvalue weighted by atomic mass is 15.2. The molecule has 2 rings (SSSR count). The van der Waals surface area contributed by atoms with E-state index in [1.807, 2.05) is 0 Å². The lowest BCUT2D eigenvalue weighted by atomic mass is 9.77. The van der Waals surface area contributed by atoms with Crippen LogP contribution in [0.25, 0.3) is 0 Å². The van der Waals surface area contributed by atoms with Crippen LogP contribution in [0.5, 0.6) is 0 Å². The van der Waals surface area contributed by atoms with E-state index in [9.17, 15) is 0 Å². The molecule has 1 saturated heterocycles. The Morgan fingerprint density at radius 2 is 1.78 bits per heavy atom. The number of hydrogen-bond acceptors (Lipinski definition) is 2. The van der Waals surface area contributed by atoms with Crippen molar-refractivity contribution in [2.75, 3.05) is 19.6 Å². The Balaban J connectivity index is 1.97. The molecule has 2 heteroatoms. The Morgan fingerprint density at radius 3 is 2.33 bits per heavy atom. The first-order valence-corrected chi connectivity index (χ1v) is 8.19. The molecule has 0 aromatic carbocycles. The van der Waals surface area contributed by atoms with Crippen molar-refractivity contribution in [2.24, 2.45) is 11.8 Å². The highest BCUT2D eigenvalue weighted by molar-refractivity contribution is 4.88. The number of nitrogens with one attached hydrogen (secondary N) is 1. The first kappa shape index (κ1) is 14.3. The summed E-state index contributed by atoms with van der Waals surface area (Å²) in [6.45, 7) is 11.1. The van der Waals surface area contributed by atoms with Crippen molar-refractivity contribution in [2.45, 2.75) is 71.4 Å². The van der Waals surface area contributed by atoms with Gasteiger partial charge in [0.25, 0.3) is 0 Å². The molecule has 3 atom stereocenters. The summed E-state index contributed by atoms with van der Waals surface area (Å²) < 4.78 is 0. The van der Waals surface area contributed by atoms with Gasteiger partial charge in [0, 0.05) is 18.6 Å². The quantitative estimate of drug-likeness (QED) is 0.808. The van der Waals surface area contributed by atoms with Crippen molar-refractivity contribution in [1.29, 1.82) is 0 Å². The Morgan fingerprint density at radius 1 is 1.06 bits per heavy atom. The van der Waals surface area contributed by atoms with Gasteiger partial charge in [-0.15, -0.1) is 0 Å². The van der Waals surface area contributed by atoms with Crippen LogP contribution < -0.4 is 5.32 Å². The maximum absolute atomic E-state index is 3.67. The molecule has 0 spiro atoms. The molecule has 0 aromatic rings. The minimum Gasteiger partial charge on any atom is -0.313 e. The summed E-state index contributed by atoms with van der Waals surface area (Å²) in [6.07, 6.45) is 8.37. The van der Waals surface area contributed by atoms with Crippen LogP contribution >= 0.6 is 0 Å². The van der Waals surface area contributed by atoms with Crippen molar-refractivity contribution in [3.8, 4) is 0 Å². The van der Waals surface area contributed by atoms with Crippen LogP contribution in [0.2, 0.25) is 0 Å². The second-order valence-corrected chi connectivity index (χ2v) is 6.66. The van der Waals surface area contributed by atoms with E-state index in [4.69, 9.17) is 0 Å². The Hall–Kier alpha value is -0.0800. The SMILES string of the molecule is CCCN(CC1CCCN1)C1C(C)CCCC1C. The van der Waals surface area contributed by atoms with Gasteiger partial charge in [-0.3, -0.25) is 4.90 Å². The molecule has 18 heavy (non-hydrogen) atoms. The molecule has 0 bridgehead atoms. The molecule has 2 aliphatic rings. The van der Waals surface area contributed by atoms with Gasteiger partial charge in [-0.25, -0.2) is 0 Å². The molecule has 0 amide bonds. The van der Waals surface area contributed by atoms with Crippen molar-refractivity contribution in [3.05, 3.63) is 0 Å². The van der Waals surface area contributed by atoms with Gasteiger partial charge in [0.1, 0.15) is 0 Å². The Kier molecular flexibility index (Phi) is 5.50. The molecular weight excluding hydrogens is 220 g/mol. The van der Waals surface area contributed by atoms with Crippen LogP contribution in [-0.2, 0) is 0 Å². The molecule has 0 aromatic heterocycles. The van der Waals surface area contributed by atoms with E-state index < -0.39 is 0 Å². The van der Waals surface area contributed by atoms with Gasteiger partial charge >= 0.3 is 0 Å². The molecule has 0 radical (unpaired) electrons. The molecule has 1 N–H and O–H groups in total. The molecule has 1 aliphatic carbocycles. The zero-order valence-corrected chi connectivity index (χ0v) is 12.6. The predicted octanol–water partition coefficient (Wildman–Crippen LogP) is 3.28. The summed E-state index contributed by atoms with van der Waals surface area (Å²) in [5.41, 5.74) is 0. The minimum atomic E-state index is 0.762. The van der Waals surface area contributed by atoms with Crippen molar-refractivity contribution < 1.29 is 0 Å². The van der Waals surface area contributed by atoms with Gasteiger partial charge in [0.15, 0.2) is 0 Å². The third kappa shape index (κ3) is 3.48. The topological polar surface area (TPSA) is 15.3 Å². The summed E-state index contributed by atoms with van der Waals surface area (Å²) in [5, 5.41) is 3.67. The normalized spacial score (nSPS) is 37.3. The third-order valence-electron chi connectivity index (χ3n) is 5.03. The van der Waals surface area contributed by atoms with Crippen LogP contribution in [0, 0.1) is 11.8 Å². The number of nitrogens with zero attached hydrogens (tertiary/aromatic N) is 1. The summed E-state index contributed by atoms with van der Waals surface area (Å²) >= 11 is 0. The van der Waals surface area contributed by atoms with Gasteiger partial charge in [-0.2, -0.15) is 0 Å². The lowest BCUT2D eigenvalue weighted by molar-refractivity contribution is 0.0626. The number of rotatable bonds is 5. The average molecular weight is 252 g/mol. The van der Waals surface area contributed by atoms with E-state index >= 15 is 0 Å². The second kappa shape index (κ2) is 6.91. The summed E-state index contributed by atoms with van der Waals surface area (Å²) in [5.74, 6) is 1.78. The lowest BCUT2D eigenvalue weighted by Gasteiger charge is -2.43. The fourth-order valence-corrected chi connectivity index (χ4v) is 4.23. The van der Waals surface area contributed by atoms with E-state index in [0.717, 1.165) is 23.9 Å². The summed E-state index contributed by atoms with van der Waals surface area (Å²) in [7, 11) is 0. The van der Waals surface area contributed by atoms with E-state index in [1.54, 1.807) is 0 Å². The van der Waals surface area contributed by atoms with Crippen molar-refractivity contribution in [1.82, 2.24) is 10.2 Å². The van der Waals surface area contributed by atoms with Crippen molar-refractivity contribution in [3.63, 3.8) is 0 Å². The first-order chi connectivity index (χ1) is 8.72. The molecule has 106 valence electrons. The van der Waals surface area contributed by atoms with Gasteiger partial charge in [-0.1, -0.05) is 27.2 Å². The molecule has 1 aliphatic heterocycles. The molecule has 2 fully saturated rings. The molecular formula is C16H32N2. The highest BCUT2D eigenvalue weighted by Gasteiger charge is 2.33. The summed E-state index contributed by atoms with van der Waals surface area (Å²) in [6, 6.07) is 1.60. The minimum absolute atomic E-state index is 0.762. The lowest BCUT2D eigenvalue weighted by Crippen LogP contribution is -2.50. The van der Waals surface area contributed by atoms with E-state index in [2.05, 4.69) is 31.0 Å². The molecule has 3 unspecified atom stereocenters. The maximum Gasteiger partial charge on any atom is 0.0195 e. The Bertz CT molecular complexity index is 225. The average Bonchev–Trinajstić information content (AvgIpc) is 2.82. The van der Waals surface area contributed by atoms with Gasteiger partial charge in [0.2, 0.25) is 0 Å². The molecule has 2 nitrogen and oxygen atoms in total. The zero-order valence-electron chi connectivity index (χ0n) is 12.6. The van der Waals surface area contributed by atoms with Gasteiger partial charge < -0.3 is 5.32 Å². The highest BCUT2D eigenvalue weighted by Crippen LogP contribution is 2.33. The summed E-state index contributed by atoms with van der Waals surface area (Å²) in [4.78, 5) is 2.82. The van der Waals surface area contributed by atoms with Gasteiger partial charge in [0.05, 0.1) is 0 Å². The van der Waals surface area contributed by atoms with Crippen LogP contribution in [0.15, 0.2) is 0 Å². The first-order valence-electron chi connectivity index (χ1n) is 8.19. The molecule has 1 heterocycles. The van der Waals surface area contributed by atoms with Crippen LogP contribution in [0.4, 0.5) is 0 Å². The Labute approximate surface area is 114 Å². The number of hydrogen-bond donors (Lipinski definition) is 1. The second-order valence-electron chi connectivity index (χ2n) is 6.66. The smallest absolute Gasteiger partial charge is 0.0195 e. The van der Waals surface area contributed by atoms with Crippen LogP contribution in [-0.4, -0.2) is 36.6 Å². The van der Waals surface area contributed by atoms with Crippen LogP contribution in [0.3, 0.4) is 0 Å². The monoisotopic (exact) mass is 252 g/mol. The van der Waals surface area contributed by atoms with Crippen molar-refractivity contribution >= 4 is 0 Å². The van der Waals surface area contributed by atoms with E-state index in [1.165, 1.54) is 58.2 Å². The van der Waals surface area contributed by atoms with E-state index in [-0.39, 0.29) is 0 Å². The standard InChI is InChI=1S/C16H32N2/c1-4-11-18(12-15-9-6-10-17-15)16-13(2)7-5-8-14(16)3/h13-17H,4-12H2,1-3H3. The fourth-order valence-electron chi connectivity index (χ4n) is 4.23. The third-order valence-corrected chi connectivity index (χ3v) is 5.03. The largest absolute Gasteiger partial charge is 0.313 e. The van der Waals surface area contributed by atoms with E-state index in [0.29, 0.717) is 0 Å². The zero-order chi connectivity index (χ0) is 13.0. The fraction of sp³-hybridized carbons (Fsp3) is 1.00. The molecule has 1 saturated carbocycles. The van der Waals surface area contributed by atoms with Gasteiger partial charge in [-0.05, 0) is 57.0 Å². The predicted molar refractivity (Wildman–Crippen MR) is 78.9 cm³/mol. The van der Waals surface area contributed by atoms with Crippen LogP contribution in [0.1, 0.15) is 59.3 Å².